The lowest BCUT2D eigenvalue weighted by Crippen LogP contribution is -2.19. The van der Waals surface area contributed by atoms with E-state index in [1.54, 1.807) is 19.2 Å². The highest BCUT2D eigenvalue weighted by atomic mass is 16.7. The van der Waals surface area contributed by atoms with E-state index >= 15 is 0 Å². The number of para-hydroxylation sites is 1. The number of ether oxygens (including phenoxy) is 2. The maximum absolute atomic E-state index is 11.4. The molecule has 0 aliphatic carbocycles. The van der Waals surface area contributed by atoms with Gasteiger partial charge < -0.3 is 20.1 Å². The van der Waals surface area contributed by atoms with Gasteiger partial charge in [0.25, 0.3) is 5.91 Å². The van der Waals surface area contributed by atoms with Gasteiger partial charge in [-0.15, -0.1) is 10.2 Å². The van der Waals surface area contributed by atoms with Crippen molar-refractivity contribution in [3.05, 3.63) is 41.6 Å². The Morgan fingerprint density at radius 2 is 2.14 bits per heavy atom. The quantitative estimate of drug-likeness (QED) is 0.877. The van der Waals surface area contributed by atoms with Crippen LogP contribution < -0.4 is 20.1 Å². The van der Waals surface area contributed by atoms with Crippen LogP contribution in [-0.4, -0.2) is 29.9 Å². The Hall–Kier alpha value is -2.83. The largest absolute Gasteiger partial charge is 0.454 e. The Morgan fingerprint density at radius 3 is 2.90 bits per heavy atom. The summed E-state index contributed by atoms with van der Waals surface area (Å²) in [5.74, 6) is 1.81. The van der Waals surface area contributed by atoms with Gasteiger partial charge in [-0.1, -0.05) is 12.1 Å². The number of rotatable bonds is 4. The molecule has 0 bridgehead atoms. The van der Waals surface area contributed by atoms with Crippen molar-refractivity contribution in [3.8, 4) is 11.5 Å². The molecule has 0 spiro atoms. The first-order valence-electron chi connectivity index (χ1n) is 6.45. The predicted molar refractivity (Wildman–Crippen MR) is 75.3 cm³/mol. The molecule has 1 aromatic carbocycles. The van der Waals surface area contributed by atoms with Gasteiger partial charge in [-0.05, 0) is 18.2 Å². The molecule has 2 aromatic rings. The molecule has 2 N–H and O–H groups in total. The number of hydrogen-bond donors (Lipinski definition) is 2. The molecule has 2 heterocycles. The lowest BCUT2D eigenvalue weighted by Gasteiger charge is -2.08. The number of nitrogens with one attached hydrogen (secondary N) is 2. The second-order valence-corrected chi connectivity index (χ2v) is 4.39. The minimum Gasteiger partial charge on any atom is -0.454 e. The molecule has 1 aliphatic heterocycles. The zero-order valence-electron chi connectivity index (χ0n) is 11.4. The summed E-state index contributed by atoms with van der Waals surface area (Å²) >= 11 is 0. The van der Waals surface area contributed by atoms with Crippen LogP contribution in [0.15, 0.2) is 30.3 Å². The molecule has 108 valence electrons. The first-order chi connectivity index (χ1) is 10.3. The van der Waals surface area contributed by atoms with Crippen LogP contribution in [0.1, 0.15) is 16.1 Å². The van der Waals surface area contributed by atoms with Gasteiger partial charge in [0.05, 0.1) is 0 Å². The van der Waals surface area contributed by atoms with E-state index < -0.39 is 0 Å². The van der Waals surface area contributed by atoms with Crippen LogP contribution >= 0.6 is 0 Å². The molecule has 0 atom stereocenters. The van der Waals surface area contributed by atoms with Crippen LogP contribution in [0.2, 0.25) is 0 Å². The number of benzene rings is 1. The topological polar surface area (TPSA) is 85.4 Å². The number of nitrogens with zero attached hydrogens (tertiary/aromatic N) is 2. The van der Waals surface area contributed by atoms with Crippen molar-refractivity contribution in [1.82, 2.24) is 15.5 Å². The summed E-state index contributed by atoms with van der Waals surface area (Å²) in [6.07, 6.45) is 0. The van der Waals surface area contributed by atoms with Gasteiger partial charge in [0.2, 0.25) is 6.79 Å². The number of anilines is 1. The molecular weight excluding hydrogens is 272 g/mol. The van der Waals surface area contributed by atoms with Crippen molar-refractivity contribution >= 4 is 11.7 Å². The van der Waals surface area contributed by atoms with Crippen LogP contribution in [0.25, 0.3) is 0 Å². The molecule has 0 radical (unpaired) electrons. The van der Waals surface area contributed by atoms with E-state index in [1.165, 1.54) is 0 Å². The van der Waals surface area contributed by atoms with E-state index in [0.29, 0.717) is 12.4 Å². The molecule has 0 saturated heterocycles. The molecule has 1 aliphatic rings. The van der Waals surface area contributed by atoms with Crippen LogP contribution in [0.5, 0.6) is 11.5 Å². The number of aromatic nitrogens is 2. The van der Waals surface area contributed by atoms with Gasteiger partial charge in [0.1, 0.15) is 5.82 Å². The average molecular weight is 286 g/mol. The Labute approximate surface area is 121 Å². The first-order valence-corrected chi connectivity index (χ1v) is 6.45. The maximum atomic E-state index is 11.4. The average Bonchev–Trinajstić information content (AvgIpc) is 3.02. The fraction of sp³-hybridized carbons (Fsp3) is 0.214. The van der Waals surface area contributed by atoms with E-state index in [0.717, 1.165) is 17.1 Å². The Kier molecular flexibility index (Phi) is 3.55. The molecule has 3 rings (SSSR count). The lowest BCUT2D eigenvalue weighted by atomic mass is 10.2. The van der Waals surface area contributed by atoms with Gasteiger partial charge in [0, 0.05) is 19.2 Å². The van der Waals surface area contributed by atoms with Gasteiger partial charge in [-0.3, -0.25) is 4.79 Å². The molecule has 7 nitrogen and oxygen atoms in total. The van der Waals surface area contributed by atoms with E-state index in [4.69, 9.17) is 9.47 Å². The van der Waals surface area contributed by atoms with Crippen molar-refractivity contribution in [2.24, 2.45) is 0 Å². The predicted octanol–water partition coefficient (Wildman–Crippen LogP) is 1.18. The Morgan fingerprint density at radius 1 is 1.24 bits per heavy atom. The monoisotopic (exact) mass is 286 g/mol. The number of carbonyl (C=O) groups excluding carboxylic acids is 1. The SMILES string of the molecule is CNC(=O)c1ccc(NCc2cccc3c2OCO3)nn1. The summed E-state index contributed by atoms with van der Waals surface area (Å²) in [5.41, 5.74) is 1.25. The molecule has 7 heteroatoms. The zero-order chi connectivity index (χ0) is 14.7. The fourth-order valence-electron chi connectivity index (χ4n) is 1.99. The van der Waals surface area contributed by atoms with E-state index in [-0.39, 0.29) is 18.4 Å². The Balaban J connectivity index is 1.68. The summed E-state index contributed by atoms with van der Waals surface area (Å²) in [6.45, 7) is 0.771. The standard InChI is InChI=1S/C14H14N4O3/c1-15-14(19)10-5-6-12(18-17-10)16-7-9-3-2-4-11-13(9)21-8-20-11/h2-6H,7-8H2,1H3,(H,15,19)(H,16,18). The van der Waals surface area contributed by atoms with Crippen molar-refractivity contribution < 1.29 is 14.3 Å². The second kappa shape index (κ2) is 5.66. The van der Waals surface area contributed by atoms with E-state index in [2.05, 4.69) is 20.8 Å². The van der Waals surface area contributed by atoms with Crippen LogP contribution in [0, 0.1) is 0 Å². The van der Waals surface area contributed by atoms with Crippen LogP contribution in [-0.2, 0) is 6.54 Å². The molecule has 1 amide bonds. The Bertz CT molecular complexity index is 658. The molecule has 0 fully saturated rings. The van der Waals surface area contributed by atoms with E-state index in [1.807, 2.05) is 18.2 Å². The highest BCUT2D eigenvalue weighted by molar-refractivity contribution is 5.91. The number of hydrogen-bond acceptors (Lipinski definition) is 6. The zero-order valence-corrected chi connectivity index (χ0v) is 11.4. The summed E-state index contributed by atoms with van der Waals surface area (Å²) in [6, 6.07) is 9.04. The first kappa shape index (κ1) is 13.2. The number of fused-ring (bicyclic) bond motifs is 1. The lowest BCUT2D eigenvalue weighted by molar-refractivity contribution is 0.0957. The van der Waals surface area contributed by atoms with Gasteiger partial charge in [0.15, 0.2) is 17.2 Å². The van der Waals surface area contributed by atoms with Crippen molar-refractivity contribution in [2.75, 3.05) is 19.2 Å². The second-order valence-electron chi connectivity index (χ2n) is 4.39. The van der Waals surface area contributed by atoms with Gasteiger partial charge in [-0.25, -0.2) is 0 Å². The minimum atomic E-state index is -0.263. The normalized spacial score (nSPS) is 12.0. The molecule has 1 aromatic heterocycles. The third-order valence-corrected chi connectivity index (χ3v) is 3.06. The summed E-state index contributed by atoms with van der Waals surface area (Å²) in [7, 11) is 1.55. The molecule has 0 unspecified atom stereocenters. The fourth-order valence-corrected chi connectivity index (χ4v) is 1.99. The maximum Gasteiger partial charge on any atom is 0.271 e. The van der Waals surface area contributed by atoms with Gasteiger partial charge >= 0.3 is 0 Å². The smallest absolute Gasteiger partial charge is 0.271 e. The van der Waals surface area contributed by atoms with Crippen molar-refractivity contribution in [3.63, 3.8) is 0 Å². The van der Waals surface area contributed by atoms with Gasteiger partial charge in [-0.2, -0.15) is 0 Å². The van der Waals surface area contributed by atoms with Crippen molar-refractivity contribution in [1.29, 1.82) is 0 Å². The van der Waals surface area contributed by atoms with E-state index in [9.17, 15) is 4.79 Å². The van der Waals surface area contributed by atoms with Crippen molar-refractivity contribution in [2.45, 2.75) is 6.54 Å². The highest BCUT2D eigenvalue weighted by Gasteiger charge is 2.16. The van der Waals surface area contributed by atoms with Crippen LogP contribution in [0.3, 0.4) is 0 Å². The summed E-state index contributed by atoms with van der Waals surface area (Å²) in [4.78, 5) is 11.4. The number of amides is 1. The molecular formula is C14H14N4O3. The third-order valence-electron chi connectivity index (χ3n) is 3.06. The molecule has 0 saturated carbocycles. The van der Waals surface area contributed by atoms with Crippen LogP contribution in [0.4, 0.5) is 5.82 Å². The summed E-state index contributed by atoms with van der Waals surface area (Å²) < 4.78 is 10.8. The number of carbonyl (C=O) groups is 1. The minimum absolute atomic E-state index is 0.243. The third kappa shape index (κ3) is 2.71. The summed E-state index contributed by atoms with van der Waals surface area (Å²) in [5, 5.41) is 13.4. The highest BCUT2D eigenvalue weighted by Crippen LogP contribution is 2.35. The molecule has 21 heavy (non-hydrogen) atoms.